The number of aryl methyl sites for hydroxylation is 1. The second-order valence-corrected chi connectivity index (χ2v) is 5.70. The molecular weight excluding hydrogens is 296 g/mol. The molecule has 2 rings (SSSR count). The van der Waals surface area contributed by atoms with E-state index in [4.69, 9.17) is 21.9 Å². The van der Waals surface area contributed by atoms with Crippen LogP contribution in [0.3, 0.4) is 0 Å². The highest BCUT2D eigenvalue weighted by atomic mass is 35.5. The van der Waals surface area contributed by atoms with Gasteiger partial charge in [-0.25, -0.2) is 0 Å². The standard InChI is InChI=1S/C13H19ClN4O3/c1-17-4-5-18(8-9(7-17)13(15)20)12(19)3-2-10-6-11(14)16-21-10/h6,9H,2-5,7-8H2,1H3,(H2,15,20)/t9-/m1/s1. The minimum absolute atomic E-state index is 0.0240. The summed E-state index contributed by atoms with van der Waals surface area (Å²) in [7, 11) is 1.92. The van der Waals surface area contributed by atoms with Crippen molar-refractivity contribution in [3.8, 4) is 0 Å². The van der Waals surface area contributed by atoms with E-state index in [9.17, 15) is 9.59 Å². The van der Waals surface area contributed by atoms with Crippen molar-refractivity contribution < 1.29 is 14.1 Å². The third-order valence-corrected chi connectivity index (χ3v) is 3.77. The van der Waals surface area contributed by atoms with Gasteiger partial charge >= 0.3 is 0 Å². The molecule has 8 heteroatoms. The van der Waals surface area contributed by atoms with Gasteiger partial charge in [-0.2, -0.15) is 0 Å². The van der Waals surface area contributed by atoms with Gasteiger partial charge in [0.05, 0.1) is 5.92 Å². The van der Waals surface area contributed by atoms with Crippen LogP contribution in [0.4, 0.5) is 0 Å². The molecule has 1 aliphatic heterocycles. The first-order chi connectivity index (χ1) is 9.95. The Hall–Kier alpha value is -1.60. The van der Waals surface area contributed by atoms with Gasteiger partial charge in [0.15, 0.2) is 5.15 Å². The number of halogens is 1. The maximum absolute atomic E-state index is 12.3. The minimum Gasteiger partial charge on any atom is -0.369 e. The molecule has 21 heavy (non-hydrogen) atoms. The van der Waals surface area contributed by atoms with Crippen molar-refractivity contribution in [2.24, 2.45) is 11.7 Å². The Morgan fingerprint density at radius 2 is 2.24 bits per heavy atom. The fourth-order valence-electron chi connectivity index (χ4n) is 2.37. The largest absolute Gasteiger partial charge is 0.369 e. The molecule has 1 atom stereocenters. The van der Waals surface area contributed by atoms with Crippen molar-refractivity contribution >= 4 is 23.4 Å². The normalized spacial score (nSPS) is 20.3. The van der Waals surface area contributed by atoms with Crippen LogP contribution in [0.1, 0.15) is 12.2 Å². The molecule has 0 spiro atoms. The molecule has 1 aliphatic rings. The summed E-state index contributed by atoms with van der Waals surface area (Å²) in [6, 6.07) is 1.59. The molecule has 0 saturated carbocycles. The first kappa shape index (κ1) is 15.8. The zero-order valence-corrected chi connectivity index (χ0v) is 12.7. The van der Waals surface area contributed by atoms with Crippen LogP contribution in [0.15, 0.2) is 10.6 Å². The van der Waals surface area contributed by atoms with E-state index in [2.05, 4.69) is 5.16 Å². The summed E-state index contributed by atoms with van der Waals surface area (Å²) in [5, 5.41) is 3.85. The van der Waals surface area contributed by atoms with E-state index >= 15 is 0 Å². The smallest absolute Gasteiger partial charge is 0.223 e. The van der Waals surface area contributed by atoms with Gasteiger partial charge < -0.3 is 20.1 Å². The van der Waals surface area contributed by atoms with Crippen LogP contribution >= 0.6 is 11.6 Å². The fraction of sp³-hybridized carbons (Fsp3) is 0.615. The average Bonchev–Trinajstić information content (AvgIpc) is 2.73. The lowest BCUT2D eigenvalue weighted by Gasteiger charge is -2.22. The highest BCUT2D eigenvalue weighted by Crippen LogP contribution is 2.13. The summed E-state index contributed by atoms with van der Waals surface area (Å²) in [5.74, 6) is -0.152. The molecule has 2 N–H and O–H groups in total. The molecule has 1 saturated heterocycles. The number of rotatable bonds is 4. The van der Waals surface area contributed by atoms with Gasteiger partial charge in [0.2, 0.25) is 11.8 Å². The molecular formula is C13H19ClN4O3. The average molecular weight is 315 g/mol. The first-order valence-electron chi connectivity index (χ1n) is 6.82. The predicted molar refractivity (Wildman–Crippen MR) is 76.6 cm³/mol. The first-order valence-corrected chi connectivity index (χ1v) is 7.20. The van der Waals surface area contributed by atoms with Crippen LogP contribution in [0.25, 0.3) is 0 Å². The lowest BCUT2D eigenvalue weighted by Crippen LogP contribution is -2.40. The summed E-state index contributed by atoms with van der Waals surface area (Å²) in [6.45, 7) is 2.27. The number of primary amides is 1. The topological polar surface area (TPSA) is 92.7 Å². The predicted octanol–water partition coefficient (Wildman–Crippen LogP) is 0.136. The number of aromatic nitrogens is 1. The van der Waals surface area contributed by atoms with Crippen LogP contribution < -0.4 is 5.73 Å². The van der Waals surface area contributed by atoms with Gasteiger partial charge in [-0.05, 0) is 7.05 Å². The maximum Gasteiger partial charge on any atom is 0.223 e. The SMILES string of the molecule is CN1CCN(C(=O)CCc2cc(Cl)no2)C[C@H](C(N)=O)C1. The summed E-state index contributed by atoms with van der Waals surface area (Å²) in [4.78, 5) is 27.4. The van der Waals surface area contributed by atoms with Crippen LogP contribution in [0.5, 0.6) is 0 Å². The third-order valence-electron chi connectivity index (χ3n) is 3.60. The van der Waals surface area contributed by atoms with Gasteiger partial charge in [0, 0.05) is 45.1 Å². The van der Waals surface area contributed by atoms with Gasteiger partial charge in [-0.1, -0.05) is 16.8 Å². The van der Waals surface area contributed by atoms with Crippen LogP contribution in [-0.2, 0) is 16.0 Å². The van der Waals surface area contributed by atoms with E-state index in [0.29, 0.717) is 38.2 Å². The molecule has 2 amide bonds. The van der Waals surface area contributed by atoms with Crippen molar-refractivity contribution in [2.45, 2.75) is 12.8 Å². The number of carbonyl (C=O) groups excluding carboxylic acids is 2. The number of nitrogens with zero attached hydrogens (tertiary/aromatic N) is 3. The van der Waals surface area contributed by atoms with Crippen LogP contribution in [-0.4, -0.2) is 60.0 Å². The van der Waals surface area contributed by atoms with E-state index in [0.717, 1.165) is 6.54 Å². The number of hydrogen-bond donors (Lipinski definition) is 1. The van der Waals surface area contributed by atoms with Crippen molar-refractivity contribution in [1.82, 2.24) is 15.0 Å². The number of amides is 2. The Morgan fingerprint density at radius 3 is 2.86 bits per heavy atom. The Labute approximate surface area is 128 Å². The maximum atomic E-state index is 12.3. The summed E-state index contributed by atoms with van der Waals surface area (Å²) in [5.41, 5.74) is 5.39. The second kappa shape index (κ2) is 6.91. The van der Waals surface area contributed by atoms with Crippen molar-refractivity contribution in [1.29, 1.82) is 0 Å². The number of carbonyl (C=O) groups is 2. The monoisotopic (exact) mass is 314 g/mol. The molecule has 0 aliphatic carbocycles. The number of nitrogens with two attached hydrogens (primary N) is 1. The van der Waals surface area contributed by atoms with Crippen molar-refractivity contribution in [3.63, 3.8) is 0 Å². The van der Waals surface area contributed by atoms with Crippen LogP contribution in [0.2, 0.25) is 5.15 Å². The number of hydrogen-bond acceptors (Lipinski definition) is 5. The Kier molecular flexibility index (Phi) is 5.19. The van der Waals surface area contributed by atoms with Gasteiger partial charge in [0.25, 0.3) is 0 Å². The van der Waals surface area contributed by atoms with Crippen molar-refractivity contribution in [3.05, 3.63) is 17.0 Å². The van der Waals surface area contributed by atoms with E-state index in [-0.39, 0.29) is 22.9 Å². The Morgan fingerprint density at radius 1 is 1.48 bits per heavy atom. The third kappa shape index (κ3) is 4.44. The molecule has 116 valence electrons. The molecule has 2 heterocycles. The molecule has 7 nitrogen and oxygen atoms in total. The summed E-state index contributed by atoms with van der Waals surface area (Å²) < 4.78 is 4.97. The highest BCUT2D eigenvalue weighted by Gasteiger charge is 2.27. The van der Waals surface area contributed by atoms with E-state index in [1.807, 2.05) is 11.9 Å². The molecule has 0 unspecified atom stereocenters. The van der Waals surface area contributed by atoms with E-state index < -0.39 is 0 Å². The molecule has 1 fully saturated rings. The molecule has 1 aromatic heterocycles. The minimum atomic E-state index is -0.372. The van der Waals surface area contributed by atoms with E-state index in [1.54, 1.807) is 11.0 Å². The lowest BCUT2D eigenvalue weighted by atomic mass is 10.1. The fourth-order valence-corrected chi connectivity index (χ4v) is 2.53. The van der Waals surface area contributed by atoms with Gasteiger partial charge in [-0.3, -0.25) is 9.59 Å². The molecule has 0 aromatic carbocycles. The second-order valence-electron chi connectivity index (χ2n) is 5.32. The van der Waals surface area contributed by atoms with E-state index in [1.165, 1.54) is 0 Å². The molecule has 0 bridgehead atoms. The zero-order valence-electron chi connectivity index (χ0n) is 11.9. The quantitative estimate of drug-likeness (QED) is 0.853. The number of likely N-dealkylation sites (N-methyl/N-ethyl adjacent to an activating group) is 1. The van der Waals surface area contributed by atoms with Gasteiger partial charge in [0.1, 0.15) is 5.76 Å². The lowest BCUT2D eigenvalue weighted by molar-refractivity contribution is -0.132. The Bertz CT molecular complexity index is 519. The van der Waals surface area contributed by atoms with Crippen LogP contribution in [0, 0.1) is 5.92 Å². The molecule has 1 aromatic rings. The van der Waals surface area contributed by atoms with Gasteiger partial charge in [-0.15, -0.1) is 0 Å². The summed E-state index contributed by atoms with van der Waals surface area (Å²) in [6.07, 6.45) is 0.729. The summed E-state index contributed by atoms with van der Waals surface area (Å²) >= 11 is 5.66. The molecule has 0 radical (unpaired) electrons. The van der Waals surface area contributed by atoms with Crippen molar-refractivity contribution in [2.75, 3.05) is 33.2 Å². The Balaban J connectivity index is 1.92. The highest BCUT2D eigenvalue weighted by molar-refractivity contribution is 6.29. The zero-order chi connectivity index (χ0) is 15.4.